The molecule has 2 bridgehead atoms. The summed E-state index contributed by atoms with van der Waals surface area (Å²) in [5, 5.41) is 12.9. The predicted octanol–water partition coefficient (Wildman–Crippen LogP) is 5.85. The van der Waals surface area contributed by atoms with E-state index in [1.165, 1.54) is 0 Å². The Hall–Kier alpha value is -3.88. The maximum atomic E-state index is 15.2. The fourth-order valence-electron chi connectivity index (χ4n) is 8.26. The number of hydrogen-bond donors (Lipinski definition) is 1. The second-order valence-electron chi connectivity index (χ2n) is 12.7. The summed E-state index contributed by atoms with van der Waals surface area (Å²) < 4.78 is -0.830. The Morgan fingerprint density at radius 2 is 1.72 bits per heavy atom. The van der Waals surface area contributed by atoms with Crippen LogP contribution in [0.5, 0.6) is 0 Å². The lowest BCUT2D eigenvalue weighted by atomic mass is 9.65. The third kappa shape index (κ3) is 5.06. The standard InChI is InChI=1S/C38H43N3O4S/c1-5-19-39(20-6-2)35(43)32-31-22-25(4)38(46-31)33(32)36(44)41(30(24-42)27-14-9-8-10-15-27)34(38)37(45)40(21-7-3)29-18-17-26-13-11-12-16-28(26)23-29/h5,7-18,23,25,30-34,42H,1,3,6,19-22,24H2,2,4H3/t25?,30-,31-,32+,33+,34?,38?/m1/s1. The molecular weight excluding hydrogens is 595 g/mol. The van der Waals surface area contributed by atoms with Gasteiger partial charge in [-0.05, 0) is 47.2 Å². The minimum atomic E-state index is -0.893. The van der Waals surface area contributed by atoms with Crippen molar-refractivity contribution in [3.8, 4) is 0 Å². The zero-order valence-corrected chi connectivity index (χ0v) is 27.4. The summed E-state index contributed by atoms with van der Waals surface area (Å²) in [6.45, 7) is 12.9. The van der Waals surface area contributed by atoms with Crippen molar-refractivity contribution in [2.24, 2.45) is 17.8 Å². The van der Waals surface area contributed by atoms with Crippen LogP contribution in [0.15, 0.2) is 98.1 Å². The number of aliphatic hydroxyl groups excluding tert-OH is 1. The van der Waals surface area contributed by atoms with E-state index in [0.717, 1.165) is 29.2 Å². The summed E-state index contributed by atoms with van der Waals surface area (Å²) in [5.74, 6) is -1.73. The summed E-state index contributed by atoms with van der Waals surface area (Å²) >= 11 is 1.66. The molecule has 240 valence electrons. The number of amides is 3. The first-order valence-corrected chi connectivity index (χ1v) is 17.2. The minimum Gasteiger partial charge on any atom is -0.394 e. The van der Waals surface area contributed by atoms with Crippen LogP contribution in [0, 0.1) is 17.8 Å². The van der Waals surface area contributed by atoms with E-state index in [-0.39, 0.29) is 42.0 Å². The molecule has 3 unspecified atom stereocenters. The van der Waals surface area contributed by atoms with Crippen LogP contribution in [0.1, 0.15) is 38.3 Å². The molecule has 6 rings (SSSR count). The summed E-state index contributed by atoms with van der Waals surface area (Å²) in [5.41, 5.74) is 1.47. The van der Waals surface area contributed by atoms with Gasteiger partial charge in [-0.25, -0.2) is 0 Å². The molecule has 0 saturated carbocycles. The van der Waals surface area contributed by atoms with Gasteiger partial charge in [0.15, 0.2) is 0 Å². The first-order chi connectivity index (χ1) is 22.3. The molecule has 3 amide bonds. The first kappa shape index (κ1) is 32.1. The lowest BCUT2D eigenvalue weighted by molar-refractivity contribution is -0.145. The smallest absolute Gasteiger partial charge is 0.251 e. The van der Waals surface area contributed by atoms with Crippen LogP contribution >= 0.6 is 11.8 Å². The number of hydrogen-bond acceptors (Lipinski definition) is 5. The first-order valence-electron chi connectivity index (χ1n) is 16.3. The Kier molecular flexibility index (Phi) is 9.12. The van der Waals surface area contributed by atoms with Crippen LogP contribution in [0.3, 0.4) is 0 Å². The molecule has 7 nitrogen and oxygen atoms in total. The van der Waals surface area contributed by atoms with Gasteiger partial charge in [-0.1, -0.05) is 86.7 Å². The van der Waals surface area contributed by atoms with Gasteiger partial charge < -0.3 is 19.8 Å². The summed E-state index contributed by atoms with van der Waals surface area (Å²) in [6.07, 6.45) is 4.97. The topological polar surface area (TPSA) is 81.2 Å². The monoisotopic (exact) mass is 637 g/mol. The zero-order chi connectivity index (χ0) is 32.6. The number of carbonyl (C=O) groups excluding carboxylic acids is 3. The van der Waals surface area contributed by atoms with E-state index < -0.39 is 28.7 Å². The number of aliphatic hydroxyl groups is 1. The average Bonchev–Trinajstić information content (AvgIpc) is 3.67. The van der Waals surface area contributed by atoms with Gasteiger partial charge >= 0.3 is 0 Å². The number of carbonyl (C=O) groups is 3. The second kappa shape index (κ2) is 13.1. The van der Waals surface area contributed by atoms with Crippen molar-refractivity contribution < 1.29 is 19.5 Å². The summed E-state index contributed by atoms with van der Waals surface area (Å²) in [7, 11) is 0. The molecule has 8 heteroatoms. The lowest BCUT2D eigenvalue weighted by Gasteiger charge is -2.42. The highest BCUT2D eigenvalue weighted by Gasteiger charge is 2.77. The third-order valence-corrected chi connectivity index (χ3v) is 12.2. The highest BCUT2D eigenvalue weighted by Crippen LogP contribution is 2.69. The zero-order valence-electron chi connectivity index (χ0n) is 26.6. The SMILES string of the molecule is C=CCN(CCC)C(=O)[C@@H]1[C@H]2C(=O)N([C@H](CO)c3ccccc3)C(C(=O)N(CC=C)c3ccc4ccccc4c3)C23S[C@@H]1CC3C. The Bertz CT molecular complexity index is 1650. The third-order valence-electron chi connectivity index (χ3n) is 10.2. The lowest BCUT2D eigenvalue weighted by Crippen LogP contribution is -2.58. The number of likely N-dealkylation sites (tertiary alicyclic amines) is 1. The number of thioether (sulfide) groups is 1. The van der Waals surface area contributed by atoms with Gasteiger partial charge in [-0.2, -0.15) is 0 Å². The molecule has 7 atom stereocenters. The van der Waals surface area contributed by atoms with Crippen molar-refractivity contribution in [2.75, 3.05) is 31.1 Å². The van der Waals surface area contributed by atoms with Crippen molar-refractivity contribution in [1.82, 2.24) is 9.80 Å². The molecule has 0 aromatic heterocycles. The van der Waals surface area contributed by atoms with E-state index >= 15 is 4.79 Å². The maximum absolute atomic E-state index is 15.2. The Balaban J connectivity index is 1.50. The maximum Gasteiger partial charge on any atom is 0.251 e. The molecular formula is C38H43N3O4S. The van der Waals surface area contributed by atoms with Gasteiger partial charge in [-0.15, -0.1) is 24.9 Å². The van der Waals surface area contributed by atoms with Crippen LogP contribution in [-0.4, -0.2) is 74.9 Å². The predicted molar refractivity (Wildman–Crippen MR) is 185 cm³/mol. The second-order valence-corrected chi connectivity index (χ2v) is 14.3. The van der Waals surface area contributed by atoms with Gasteiger partial charge in [-0.3, -0.25) is 14.4 Å². The molecule has 3 aromatic carbocycles. The van der Waals surface area contributed by atoms with E-state index in [0.29, 0.717) is 18.8 Å². The fourth-order valence-corrected chi connectivity index (χ4v) is 10.7. The molecule has 3 aliphatic rings. The van der Waals surface area contributed by atoms with Crippen molar-refractivity contribution in [2.45, 2.75) is 48.8 Å². The number of fused-ring (bicyclic) bond motifs is 2. The molecule has 3 fully saturated rings. The van der Waals surface area contributed by atoms with Gasteiger partial charge in [0.1, 0.15) is 6.04 Å². The molecule has 0 aliphatic carbocycles. The number of nitrogens with zero attached hydrogens (tertiary/aromatic N) is 3. The molecule has 1 spiro atoms. The van der Waals surface area contributed by atoms with Gasteiger partial charge in [0.25, 0.3) is 5.91 Å². The molecule has 1 N–H and O–H groups in total. The molecule has 0 radical (unpaired) electrons. The average molecular weight is 638 g/mol. The quantitative estimate of drug-likeness (QED) is 0.252. The Morgan fingerprint density at radius 1 is 1.02 bits per heavy atom. The van der Waals surface area contributed by atoms with Crippen LogP contribution < -0.4 is 4.90 Å². The number of benzene rings is 3. The van der Waals surface area contributed by atoms with Gasteiger partial charge in [0.2, 0.25) is 11.8 Å². The highest BCUT2D eigenvalue weighted by atomic mass is 32.2. The largest absolute Gasteiger partial charge is 0.394 e. The van der Waals surface area contributed by atoms with Crippen molar-refractivity contribution in [3.05, 3.63) is 104 Å². The van der Waals surface area contributed by atoms with E-state index in [2.05, 4.69) is 20.1 Å². The van der Waals surface area contributed by atoms with Crippen LogP contribution in [0.2, 0.25) is 0 Å². The van der Waals surface area contributed by atoms with Crippen LogP contribution in [0.25, 0.3) is 10.8 Å². The Morgan fingerprint density at radius 3 is 2.39 bits per heavy atom. The van der Waals surface area contributed by atoms with Gasteiger partial charge in [0, 0.05) is 30.6 Å². The molecule has 3 saturated heterocycles. The van der Waals surface area contributed by atoms with Crippen molar-refractivity contribution >= 4 is 45.9 Å². The Labute approximate surface area is 275 Å². The molecule has 46 heavy (non-hydrogen) atoms. The fraction of sp³-hybridized carbons (Fsp3) is 0.395. The van der Waals surface area contributed by atoms with E-state index in [1.807, 2.05) is 84.6 Å². The number of anilines is 1. The van der Waals surface area contributed by atoms with E-state index in [1.54, 1.807) is 33.7 Å². The van der Waals surface area contributed by atoms with Crippen molar-refractivity contribution in [1.29, 1.82) is 0 Å². The van der Waals surface area contributed by atoms with E-state index in [9.17, 15) is 14.7 Å². The normalized spacial score (nSPS) is 27.0. The minimum absolute atomic E-state index is 0.00391. The molecule has 3 aliphatic heterocycles. The molecule has 3 heterocycles. The highest BCUT2D eigenvalue weighted by molar-refractivity contribution is 8.02. The summed E-state index contributed by atoms with van der Waals surface area (Å²) in [6, 6.07) is 21.7. The van der Waals surface area contributed by atoms with Crippen LogP contribution in [0.4, 0.5) is 5.69 Å². The van der Waals surface area contributed by atoms with E-state index in [4.69, 9.17) is 0 Å². The van der Waals surface area contributed by atoms with Crippen molar-refractivity contribution in [3.63, 3.8) is 0 Å². The number of rotatable bonds is 12. The van der Waals surface area contributed by atoms with Crippen LogP contribution in [-0.2, 0) is 14.4 Å². The molecule has 3 aromatic rings. The summed E-state index contributed by atoms with van der Waals surface area (Å²) in [4.78, 5) is 49.7. The van der Waals surface area contributed by atoms with Gasteiger partial charge in [0.05, 0.1) is 29.2 Å².